The predicted octanol–water partition coefficient (Wildman–Crippen LogP) is 3.64. The summed E-state index contributed by atoms with van der Waals surface area (Å²) in [5.41, 5.74) is 2.96. The molecule has 0 bridgehead atoms. The molecule has 0 unspecified atom stereocenters. The number of hydrogen-bond acceptors (Lipinski definition) is 3. The number of aromatic nitrogens is 2. The number of rotatable bonds is 2. The van der Waals surface area contributed by atoms with E-state index in [1.165, 1.54) is 0 Å². The molecular weight excluding hydrogens is 308 g/mol. The van der Waals surface area contributed by atoms with Gasteiger partial charge >= 0.3 is 0 Å². The molecule has 4 nitrogen and oxygen atoms in total. The Hall–Kier alpha value is -1.98. The van der Waals surface area contributed by atoms with Gasteiger partial charge in [0.05, 0.1) is 10.9 Å². The number of benzene rings is 1. The molecule has 23 heavy (non-hydrogen) atoms. The largest absolute Gasteiger partial charge is 0.381 e. The molecule has 1 fully saturated rings. The molecule has 2 aromatic heterocycles. The highest BCUT2D eigenvalue weighted by Gasteiger charge is 2.21. The van der Waals surface area contributed by atoms with E-state index in [1.807, 2.05) is 30.3 Å². The summed E-state index contributed by atoms with van der Waals surface area (Å²) in [5, 5.41) is 0.755. The number of pyridine rings is 1. The SMILES string of the molecule is O=c1[nH]ccc2c1c(-c1ccc(S)cc1)cn2C1CCOCC1. The summed E-state index contributed by atoms with van der Waals surface area (Å²) in [6.45, 7) is 1.55. The molecule has 0 amide bonds. The summed E-state index contributed by atoms with van der Waals surface area (Å²) in [4.78, 5) is 16.1. The molecule has 4 rings (SSSR count). The van der Waals surface area contributed by atoms with Crippen LogP contribution in [0.3, 0.4) is 0 Å². The van der Waals surface area contributed by atoms with Crippen molar-refractivity contribution >= 4 is 23.5 Å². The van der Waals surface area contributed by atoms with E-state index in [4.69, 9.17) is 4.74 Å². The number of H-pyrrole nitrogens is 1. The highest BCUT2D eigenvalue weighted by Crippen LogP contribution is 2.33. The van der Waals surface area contributed by atoms with Crippen LogP contribution >= 0.6 is 12.6 Å². The number of aromatic amines is 1. The molecule has 0 radical (unpaired) electrons. The smallest absolute Gasteiger partial charge is 0.258 e. The Bertz CT molecular complexity index is 890. The average Bonchev–Trinajstić information content (AvgIpc) is 2.97. The molecule has 1 aliphatic heterocycles. The zero-order valence-corrected chi connectivity index (χ0v) is 13.6. The molecule has 3 aromatic rings. The third kappa shape index (κ3) is 2.60. The van der Waals surface area contributed by atoms with Crippen molar-refractivity contribution in [3.63, 3.8) is 0 Å². The summed E-state index contributed by atoms with van der Waals surface area (Å²) >= 11 is 4.34. The van der Waals surface area contributed by atoms with E-state index in [0.717, 1.165) is 53.0 Å². The van der Waals surface area contributed by atoms with E-state index in [-0.39, 0.29) is 5.56 Å². The molecule has 1 aliphatic rings. The number of nitrogens with one attached hydrogen (secondary N) is 1. The number of thiol groups is 1. The Balaban J connectivity index is 1.93. The van der Waals surface area contributed by atoms with Crippen LogP contribution in [-0.4, -0.2) is 22.8 Å². The first kappa shape index (κ1) is 14.6. The van der Waals surface area contributed by atoms with E-state index in [9.17, 15) is 4.79 Å². The van der Waals surface area contributed by atoms with Gasteiger partial charge in [0.1, 0.15) is 0 Å². The van der Waals surface area contributed by atoms with Gasteiger partial charge in [0.25, 0.3) is 5.56 Å². The molecule has 5 heteroatoms. The lowest BCUT2D eigenvalue weighted by Gasteiger charge is -2.24. The predicted molar refractivity (Wildman–Crippen MR) is 94.3 cm³/mol. The Labute approximate surface area is 139 Å². The zero-order chi connectivity index (χ0) is 15.8. The minimum Gasteiger partial charge on any atom is -0.381 e. The van der Waals surface area contributed by atoms with Crippen LogP contribution in [0, 0.1) is 0 Å². The topological polar surface area (TPSA) is 47.0 Å². The fourth-order valence-electron chi connectivity index (χ4n) is 3.34. The van der Waals surface area contributed by atoms with Crippen molar-refractivity contribution in [3.8, 4) is 11.1 Å². The first-order valence-electron chi connectivity index (χ1n) is 7.83. The standard InChI is InChI=1S/C18H18N2O2S/c21-18-17-15(12-1-3-14(23)4-2-12)11-20(16(17)5-8-19-18)13-6-9-22-10-7-13/h1-5,8,11,13,23H,6-7,9-10H2,(H,19,21). The summed E-state index contributed by atoms with van der Waals surface area (Å²) < 4.78 is 7.72. The minimum absolute atomic E-state index is 0.0433. The van der Waals surface area contributed by atoms with Gasteiger partial charge in [-0.3, -0.25) is 4.79 Å². The lowest BCUT2D eigenvalue weighted by molar-refractivity contribution is 0.0707. The third-order valence-electron chi connectivity index (χ3n) is 4.52. The highest BCUT2D eigenvalue weighted by atomic mass is 32.1. The van der Waals surface area contributed by atoms with Gasteiger partial charge in [-0.05, 0) is 36.6 Å². The van der Waals surface area contributed by atoms with E-state index in [0.29, 0.717) is 6.04 Å². The van der Waals surface area contributed by atoms with Crippen molar-refractivity contribution in [2.75, 3.05) is 13.2 Å². The van der Waals surface area contributed by atoms with Gasteiger partial charge in [-0.15, -0.1) is 12.6 Å². The van der Waals surface area contributed by atoms with E-state index < -0.39 is 0 Å². The normalized spacial score (nSPS) is 16.0. The molecule has 3 heterocycles. The molecule has 118 valence electrons. The van der Waals surface area contributed by atoms with Crippen molar-refractivity contribution in [1.29, 1.82) is 0 Å². The van der Waals surface area contributed by atoms with Crippen molar-refractivity contribution < 1.29 is 4.74 Å². The van der Waals surface area contributed by atoms with Gasteiger partial charge in [-0.1, -0.05) is 12.1 Å². The van der Waals surface area contributed by atoms with Crippen LogP contribution in [0.2, 0.25) is 0 Å². The maximum atomic E-state index is 12.4. The number of fused-ring (bicyclic) bond motifs is 1. The second-order valence-corrected chi connectivity index (χ2v) is 6.42. The zero-order valence-electron chi connectivity index (χ0n) is 12.7. The third-order valence-corrected chi connectivity index (χ3v) is 4.82. The van der Waals surface area contributed by atoms with Crippen molar-refractivity contribution in [1.82, 2.24) is 9.55 Å². The fourth-order valence-corrected chi connectivity index (χ4v) is 3.49. The van der Waals surface area contributed by atoms with Crippen LogP contribution < -0.4 is 5.56 Å². The molecule has 0 aliphatic carbocycles. The second-order valence-electron chi connectivity index (χ2n) is 5.91. The van der Waals surface area contributed by atoms with Gasteiger partial charge in [0.2, 0.25) is 0 Å². The van der Waals surface area contributed by atoms with E-state index >= 15 is 0 Å². The number of hydrogen-bond donors (Lipinski definition) is 2. The summed E-state index contributed by atoms with van der Waals surface area (Å²) in [6, 6.07) is 10.3. The molecule has 0 spiro atoms. The van der Waals surface area contributed by atoms with Gasteiger partial charge in [0.15, 0.2) is 0 Å². The monoisotopic (exact) mass is 326 g/mol. The molecule has 1 saturated heterocycles. The minimum atomic E-state index is -0.0433. The van der Waals surface area contributed by atoms with Crippen LogP contribution in [0.4, 0.5) is 0 Å². The Morgan fingerprint density at radius 2 is 1.87 bits per heavy atom. The first-order chi connectivity index (χ1) is 11.2. The quantitative estimate of drug-likeness (QED) is 0.706. The molecular formula is C18H18N2O2S. The fraction of sp³-hybridized carbons (Fsp3) is 0.278. The van der Waals surface area contributed by atoms with Crippen LogP contribution in [0.1, 0.15) is 18.9 Å². The van der Waals surface area contributed by atoms with Gasteiger partial charge in [-0.25, -0.2) is 0 Å². The Kier molecular flexibility index (Phi) is 3.75. The summed E-state index contributed by atoms with van der Waals surface area (Å²) in [5.74, 6) is 0. The summed E-state index contributed by atoms with van der Waals surface area (Å²) in [6.07, 6.45) is 5.79. The van der Waals surface area contributed by atoms with E-state index in [2.05, 4.69) is 28.4 Å². The maximum Gasteiger partial charge on any atom is 0.258 e. The molecule has 1 aromatic carbocycles. The van der Waals surface area contributed by atoms with Crippen molar-refractivity contribution in [2.45, 2.75) is 23.8 Å². The Morgan fingerprint density at radius 3 is 2.61 bits per heavy atom. The number of ether oxygens (including phenoxy) is 1. The lowest BCUT2D eigenvalue weighted by Crippen LogP contribution is -2.19. The molecule has 1 N–H and O–H groups in total. The van der Waals surface area contributed by atoms with Gasteiger partial charge in [-0.2, -0.15) is 0 Å². The molecule has 0 saturated carbocycles. The lowest BCUT2D eigenvalue weighted by atomic mass is 10.1. The number of nitrogens with zero attached hydrogens (tertiary/aromatic N) is 1. The van der Waals surface area contributed by atoms with Crippen LogP contribution in [0.25, 0.3) is 22.0 Å². The second kappa shape index (κ2) is 5.91. The summed E-state index contributed by atoms with van der Waals surface area (Å²) in [7, 11) is 0. The average molecular weight is 326 g/mol. The van der Waals surface area contributed by atoms with Crippen LogP contribution in [0.15, 0.2) is 52.4 Å². The highest BCUT2D eigenvalue weighted by molar-refractivity contribution is 7.80. The van der Waals surface area contributed by atoms with Crippen molar-refractivity contribution in [2.24, 2.45) is 0 Å². The first-order valence-corrected chi connectivity index (χ1v) is 8.28. The Morgan fingerprint density at radius 1 is 1.13 bits per heavy atom. The van der Waals surface area contributed by atoms with Crippen molar-refractivity contribution in [3.05, 3.63) is 53.1 Å². The molecule has 0 atom stereocenters. The van der Waals surface area contributed by atoms with Gasteiger partial charge < -0.3 is 14.3 Å². The van der Waals surface area contributed by atoms with Gasteiger partial charge in [0, 0.05) is 42.1 Å². The van der Waals surface area contributed by atoms with Crippen LogP contribution in [-0.2, 0) is 4.74 Å². The van der Waals surface area contributed by atoms with E-state index in [1.54, 1.807) is 6.20 Å². The van der Waals surface area contributed by atoms with Crippen LogP contribution in [0.5, 0.6) is 0 Å². The maximum absolute atomic E-state index is 12.4.